The highest BCUT2D eigenvalue weighted by molar-refractivity contribution is 7.12. The molecule has 1 aromatic rings. The van der Waals surface area contributed by atoms with Gasteiger partial charge in [-0.1, -0.05) is 19.8 Å². The first-order valence-corrected chi connectivity index (χ1v) is 6.90. The molecule has 2 atom stereocenters. The summed E-state index contributed by atoms with van der Waals surface area (Å²) in [7, 11) is 0. The molecule has 2 heteroatoms. The Bertz CT molecular complexity index is 356. The molecule has 2 aliphatic carbocycles. The summed E-state index contributed by atoms with van der Waals surface area (Å²) < 4.78 is 0. The van der Waals surface area contributed by atoms with Gasteiger partial charge in [-0.15, -0.1) is 11.3 Å². The summed E-state index contributed by atoms with van der Waals surface area (Å²) in [5, 5.41) is 10.7. The molecule has 0 aliphatic heterocycles. The highest BCUT2D eigenvalue weighted by Gasteiger charge is 2.65. The van der Waals surface area contributed by atoms with Crippen LogP contribution >= 0.6 is 11.3 Å². The Hall–Kier alpha value is -0.340. The lowest BCUT2D eigenvalue weighted by atomic mass is 10.0. The summed E-state index contributed by atoms with van der Waals surface area (Å²) in [6, 6.07) is 4.34. The van der Waals surface area contributed by atoms with E-state index in [0.717, 1.165) is 6.42 Å². The van der Waals surface area contributed by atoms with E-state index in [1.165, 1.54) is 35.4 Å². The molecule has 2 saturated carbocycles. The predicted molar refractivity (Wildman–Crippen MR) is 63.0 cm³/mol. The maximum Gasteiger partial charge on any atom is 0.105 e. The van der Waals surface area contributed by atoms with Gasteiger partial charge in [-0.3, -0.25) is 0 Å². The second-order valence-electron chi connectivity index (χ2n) is 4.94. The molecule has 0 amide bonds. The van der Waals surface area contributed by atoms with Crippen molar-refractivity contribution in [3.63, 3.8) is 0 Å². The van der Waals surface area contributed by atoms with E-state index in [2.05, 4.69) is 19.1 Å². The quantitative estimate of drug-likeness (QED) is 0.814. The van der Waals surface area contributed by atoms with Crippen LogP contribution in [0.1, 0.15) is 42.4 Å². The van der Waals surface area contributed by atoms with Gasteiger partial charge in [-0.2, -0.15) is 0 Å². The number of hydrogen-bond donors (Lipinski definition) is 1. The van der Waals surface area contributed by atoms with Gasteiger partial charge in [0.2, 0.25) is 0 Å². The Balaban J connectivity index is 1.87. The van der Waals surface area contributed by atoms with Crippen LogP contribution in [0.25, 0.3) is 0 Å². The van der Waals surface area contributed by atoms with Crippen LogP contribution in [0.2, 0.25) is 0 Å². The van der Waals surface area contributed by atoms with E-state index in [0.29, 0.717) is 11.8 Å². The summed E-state index contributed by atoms with van der Waals surface area (Å²) in [4.78, 5) is 2.64. The first-order valence-electron chi connectivity index (χ1n) is 6.08. The monoisotopic (exact) mass is 222 g/mol. The van der Waals surface area contributed by atoms with E-state index < -0.39 is 5.60 Å². The van der Waals surface area contributed by atoms with E-state index >= 15 is 0 Å². The summed E-state index contributed by atoms with van der Waals surface area (Å²) in [6.07, 6.45) is 6.20. The number of thiophene rings is 1. The molecule has 3 rings (SSSR count). The smallest absolute Gasteiger partial charge is 0.105 e. The lowest BCUT2D eigenvalue weighted by Gasteiger charge is -2.06. The van der Waals surface area contributed by atoms with Gasteiger partial charge in [0, 0.05) is 9.75 Å². The minimum Gasteiger partial charge on any atom is -0.384 e. The molecule has 0 bridgehead atoms. The molecule has 1 heterocycles. The van der Waals surface area contributed by atoms with Crippen molar-refractivity contribution in [2.75, 3.05) is 0 Å². The van der Waals surface area contributed by atoms with Crippen molar-refractivity contribution < 1.29 is 5.11 Å². The van der Waals surface area contributed by atoms with Crippen LogP contribution in [-0.2, 0) is 12.0 Å². The Kier molecular flexibility index (Phi) is 2.18. The summed E-state index contributed by atoms with van der Waals surface area (Å²) in [5.41, 5.74) is -0.422. The van der Waals surface area contributed by atoms with Crippen molar-refractivity contribution in [3.8, 4) is 0 Å². The van der Waals surface area contributed by atoms with Crippen LogP contribution in [0, 0.1) is 11.8 Å². The lowest BCUT2D eigenvalue weighted by Crippen LogP contribution is -2.07. The average molecular weight is 222 g/mol. The zero-order valence-electron chi connectivity index (χ0n) is 9.20. The third-order valence-electron chi connectivity index (χ3n) is 4.19. The van der Waals surface area contributed by atoms with Crippen LogP contribution in [-0.4, -0.2) is 5.11 Å². The highest BCUT2D eigenvalue weighted by atomic mass is 32.1. The number of rotatable bonds is 2. The molecule has 1 nitrogen and oxygen atoms in total. The molecule has 15 heavy (non-hydrogen) atoms. The van der Waals surface area contributed by atoms with E-state index in [4.69, 9.17) is 0 Å². The number of aliphatic hydroxyl groups is 1. The Morgan fingerprint density at radius 2 is 2.00 bits per heavy atom. The van der Waals surface area contributed by atoms with Crippen molar-refractivity contribution in [2.24, 2.45) is 11.8 Å². The Morgan fingerprint density at radius 1 is 1.33 bits per heavy atom. The molecule has 2 fully saturated rings. The average Bonchev–Trinajstić information content (AvgIpc) is 2.70. The minimum atomic E-state index is -0.422. The second-order valence-corrected chi connectivity index (χ2v) is 6.11. The maximum absolute atomic E-state index is 10.7. The highest BCUT2D eigenvalue weighted by Crippen LogP contribution is 2.65. The normalized spacial score (nSPS) is 38.8. The zero-order chi connectivity index (χ0) is 10.5. The van der Waals surface area contributed by atoms with Crippen LogP contribution < -0.4 is 0 Å². The summed E-state index contributed by atoms with van der Waals surface area (Å²) >= 11 is 1.82. The molecular formula is C13H18OS. The van der Waals surface area contributed by atoms with Crippen molar-refractivity contribution in [1.29, 1.82) is 0 Å². The number of fused-ring (bicyclic) bond motifs is 1. The zero-order valence-corrected chi connectivity index (χ0v) is 10.0. The molecule has 2 unspecified atom stereocenters. The third kappa shape index (κ3) is 1.31. The van der Waals surface area contributed by atoms with Crippen LogP contribution in [0.4, 0.5) is 0 Å². The lowest BCUT2D eigenvalue weighted by molar-refractivity contribution is 0.122. The number of aryl methyl sites for hydroxylation is 1. The molecule has 82 valence electrons. The molecule has 1 N–H and O–H groups in total. The van der Waals surface area contributed by atoms with Crippen molar-refractivity contribution in [3.05, 3.63) is 21.9 Å². The summed E-state index contributed by atoms with van der Waals surface area (Å²) in [5.74, 6) is 1.16. The molecule has 0 aromatic carbocycles. The Morgan fingerprint density at radius 3 is 2.53 bits per heavy atom. The van der Waals surface area contributed by atoms with Gasteiger partial charge in [0.1, 0.15) is 5.60 Å². The van der Waals surface area contributed by atoms with Crippen LogP contribution in [0.15, 0.2) is 12.1 Å². The van der Waals surface area contributed by atoms with Gasteiger partial charge < -0.3 is 5.11 Å². The minimum absolute atomic E-state index is 0.422. The summed E-state index contributed by atoms with van der Waals surface area (Å²) in [6.45, 7) is 2.18. The van der Waals surface area contributed by atoms with Crippen LogP contribution in [0.3, 0.4) is 0 Å². The fourth-order valence-corrected chi connectivity index (χ4v) is 4.41. The molecule has 2 aliphatic rings. The van der Waals surface area contributed by atoms with Gasteiger partial charge >= 0.3 is 0 Å². The van der Waals surface area contributed by atoms with E-state index in [1.807, 2.05) is 11.3 Å². The van der Waals surface area contributed by atoms with Gasteiger partial charge in [0.25, 0.3) is 0 Å². The predicted octanol–water partition coefficient (Wildman–Crippen LogP) is 3.32. The van der Waals surface area contributed by atoms with Crippen molar-refractivity contribution in [2.45, 2.75) is 44.6 Å². The maximum atomic E-state index is 10.7. The first-order chi connectivity index (χ1) is 7.26. The molecule has 0 spiro atoms. The van der Waals surface area contributed by atoms with Gasteiger partial charge in [-0.25, -0.2) is 0 Å². The van der Waals surface area contributed by atoms with Crippen molar-refractivity contribution in [1.82, 2.24) is 0 Å². The topological polar surface area (TPSA) is 20.2 Å². The first kappa shape index (κ1) is 9.86. The fourth-order valence-electron chi connectivity index (χ4n) is 3.24. The van der Waals surface area contributed by atoms with E-state index in [1.54, 1.807) is 0 Å². The van der Waals surface area contributed by atoms with Crippen molar-refractivity contribution >= 4 is 11.3 Å². The molecule has 1 aromatic heterocycles. The molecule has 0 radical (unpaired) electrons. The molecule has 0 saturated heterocycles. The SMILES string of the molecule is CCc1ccc(C2(O)C3CCCCC32)s1. The van der Waals surface area contributed by atoms with Gasteiger partial charge in [-0.05, 0) is 43.2 Å². The van der Waals surface area contributed by atoms with Gasteiger partial charge in [0.15, 0.2) is 0 Å². The largest absolute Gasteiger partial charge is 0.384 e. The standard InChI is InChI=1S/C13H18OS/c1-2-9-7-8-12(15-9)13(14)10-5-3-4-6-11(10)13/h7-8,10-11,14H,2-6H2,1H3. The molecular weight excluding hydrogens is 204 g/mol. The van der Waals surface area contributed by atoms with Crippen LogP contribution in [0.5, 0.6) is 0 Å². The Labute approximate surface area is 95.1 Å². The third-order valence-corrected chi connectivity index (χ3v) is 5.56. The van der Waals surface area contributed by atoms with E-state index in [-0.39, 0.29) is 0 Å². The number of hydrogen-bond acceptors (Lipinski definition) is 2. The van der Waals surface area contributed by atoms with E-state index in [9.17, 15) is 5.11 Å². The fraction of sp³-hybridized carbons (Fsp3) is 0.692. The second kappa shape index (κ2) is 3.33. The van der Waals surface area contributed by atoms with Gasteiger partial charge in [0.05, 0.1) is 0 Å².